The first kappa shape index (κ1) is 16.1. The predicted octanol–water partition coefficient (Wildman–Crippen LogP) is 0.380. The normalized spacial score (nSPS) is 12.8. The third-order valence-corrected chi connectivity index (χ3v) is 3.06. The van der Waals surface area contributed by atoms with Gasteiger partial charge in [-0.25, -0.2) is 4.79 Å². The number of aliphatic hydroxyl groups excluding tert-OH is 2. The lowest BCUT2D eigenvalue weighted by Crippen LogP contribution is -2.45. The van der Waals surface area contributed by atoms with Gasteiger partial charge in [0, 0.05) is 12.0 Å². The van der Waals surface area contributed by atoms with E-state index in [0.29, 0.717) is 0 Å². The number of carboxylic acids is 1. The van der Waals surface area contributed by atoms with Crippen molar-refractivity contribution in [3.8, 4) is 0 Å². The number of aliphatic hydroxyl groups is 2. The smallest absolute Gasteiger partial charge is 0.335 e. The van der Waals surface area contributed by atoms with Crippen LogP contribution >= 0.6 is 0 Å². The summed E-state index contributed by atoms with van der Waals surface area (Å²) in [6.07, 6.45) is -1.31. The fraction of sp³-hybridized carbons (Fsp3) is 0.429. The number of rotatable bonds is 6. The van der Waals surface area contributed by atoms with E-state index >= 15 is 0 Å². The van der Waals surface area contributed by atoms with Crippen molar-refractivity contribution < 1.29 is 24.9 Å². The van der Waals surface area contributed by atoms with Crippen molar-refractivity contribution >= 4 is 11.9 Å². The first-order valence-corrected chi connectivity index (χ1v) is 6.17. The van der Waals surface area contributed by atoms with Crippen LogP contribution in [0.4, 0.5) is 0 Å². The molecule has 1 atom stereocenters. The molecule has 0 saturated carbocycles. The highest BCUT2D eigenvalue weighted by molar-refractivity contribution is 5.87. The van der Waals surface area contributed by atoms with Crippen LogP contribution in [0.1, 0.15) is 29.8 Å². The summed E-state index contributed by atoms with van der Waals surface area (Å²) in [5.74, 6) is -1.59. The van der Waals surface area contributed by atoms with Crippen LogP contribution in [0, 0.1) is 5.41 Å². The van der Waals surface area contributed by atoms with E-state index < -0.39 is 23.4 Å². The van der Waals surface area contributed by atoms with E-state index in [-0.39, 0.29) is 18.7 Å². The molecular formula is C14H19NO5. The Bertz CT molecular complexity index is 481. The third kappa shape index (κ3) is 4.04. The van der Waals surface area contributed by atoms with Gasteiger partial charge in [-0.1, -0.05) is 26.0 Å². The monoisotopic (exact) mass is 281 g/mol. The quantitative estimate of drug-likeness (QED) is 0.603. The second-order valence-corrected chi connectivity index (χ2v) is 5.27. The molecule has 0 aliphatic carbocycles. The molecule has 1 rings (SSSR count). The second-order valence-electron chi connectivity index (χ2n) is 5.27. The fourth-order valence-corrected chi connectivity index (χ4v) is 1.49. The van der Waals surface area contributed by atoms with Crippen molar-refractivity contribution in [1.29, 1.82) is 0 Å². The van der Waals surface area contributed by atoms with Gasteiger partial charge in [0.2, 0.25) is 5.91 Å². The van der Waals surface area contributed by atoms with Crippen LogP contribution in [0.15, 0.2) is 24.3 Å². The predicted molar refractivity (Wildman–Crippen MR) is 72.1 cm³/mol. The minimum Gasteiger partial charge on any atom is -0.478 e. The van der Waals surface area contributed by atoms with Crippen LogP contribution in [-0.2, 0) is 11.3 Å². The van der Waals surface area contributed by atoms with Crippen molar-refractivity contribution in [2.75, 3.05) is 6.61 Å². The van der Waals surface area contributed by atoms with Gasteiger partial charge >= 0.3 is 5.97 Å². The number of carbonyl (C=O) groups excluding carboxylic acids is 1. The summed E-state index contributed by atoms with van der Waals surface area (Å²) in [6, 6.07) is 6.07. The SMILES string of the molecule is CC(C)(CO)[C@H](O)C(=O)NCc1ccc(C(=O)O)cc1. The Hall–Kier alpha value is -1.92. The molecule has 0 spiro atoms. The van der Waals surface area contributed by atoms with Crippen LogP contribution < -0.4 is 5.32 Å². The summed E-state index contributed by atoms with van der Waals surface area (Å²) in [6.45, 7) is 3.03. The first-order chi connectivity index (χ1) is 9.27. The van der Waals surface area contributed by atoms with E-state index in [2.05, 4.69) is 5.32 Å². The highest BCUT2D eigenvalue weighted by Gasteiger charge is 2.32. The van der Waals surface area contributed by atoms with Gasteiger partial charge in [-0.2, -0.15) is 0 Å². The van der Waals surface area contributed by atoms with Gasteiger partial charge in [-0.3, -0.25) is 4.79 Å². The Morgan fingerprint density at radius 3 is 2.25 bits per heavy atom. The number of amides is 1. The minimum absolute atomic E-state index is 0.168. The lowest BCUT2D eigenvalue weighted by molar-refractivity contribution is -0.137. The Labute approximate surface area is 117 Å². The summed E-state index contributed by atoms with van der Waals surface area (Å²) in [5, 5.41) is 30.2. The Morgan fingerprint density at radius 2 is 1.80 bits per heavy atom. The average molecular weight is 281 g/mol. The van der Waals surface area contributed by atoms with Crippen LogP contribution in [0.25, 0.3) is 0 Å². The molecule has 0 bridgehead atoms. The van der Waals surface area contributed by atoms with E-state index in [9.17, 15) is 14.7 Å². The lowest BCUT2D eigenvalue weighted by Gasteiger charge is -2.27. The zero-order chi connectivity index (χ0) is 15.3. The number of hydrogen-bond acceptors (Lipinski definition) is 4. The maximum atomic E-state index is 11.7. The first-order valence-electron chi connectivity index (χ1n) is 6.17. The molecule has 1 amide bonds. The molecule has 110 valence electrons. The molecule has 0 radical (unpaired) electrons. The average Bonchev–Trinajstić information content (AvgIpc) is 2.44. The summed E-state index contributed by atoms with van der Waals surface area (Å²) in [5.41, 5.74) is -0.0315. The van der Waals surface area contributed by atoms with Gasteiger partial charge in [-0.15, -0.1) is 0 Å². The molecule has 0 aliphatic heterocycles. The van der Waals surface area contributed by atoms with Crippen molar-refractivity contribution in [2.45, 2.75) is 26.5 Å². The zero-order valence-electron chi connectivity index (χ0n) is 11.5. The largest absolute Gasteiger partial charge is 0.478 e. The van der Waals surface area contributed by atoms with E-state index in [4.69, 9.17) is 10.2 Å². The number of hydrogen-bond donors (Lipinski definition) is 4. The molecule has 6 nitrogen and oxygen atoms in total. The Kier molecular flexibility index (Phi) is 5.24. The standard InChI is InChI=1S/C14H19NO5/c1-14(2,8-16)11(17)12(18)15-7-9-3-5-10(6-4-9)13(19)20/h3-6,11,16-17H,7-8H2,1-2H3,(H,15,18)(H,19,20)/t11-/m1/s1. The summed E-state index contributed by atoms with van der Waals surface area (Å²) in [4.78, 5) is 22.4. The number of aromatic carboxylic acids is 1. The van der Waals surface area contributed by atoms with Gasteiger partial charge < -0.3 is 20.6 Å². The summed E-state index contributed by atoms with van der Waals surface area (Å²) < 4.78 is 0. The van der Waals surface area contributed by atoms with Gasteiger partial charge in [0.05, 0.1) is 12.2 Å². The lowest BCUT2D eigenvalue weighted by atomic mass is 9.87. The molecule has 20 heavy (non-hydrogen) atoms. The highest BCUT2D eigenvalue weighted by atomic mass is 16.4. The van der Waals surface area contributed by atoms with Crippen molar-refractivity contribution in [3.05, 3.63) is 35.4 Å². The molecule has 0 heterocycles. The third-order valence-electron chi connectivity index (χ3n) is 3.06. The highest BCUT2D eigenvalue weighted by Crippen LogP contribution is 2.19. The molecule has 1 aromatic carbocycles. The van der Waals surface area contributed by atoms with Crippen molar-refractivity contribution in [1.82, 2.24) is 5.32 Å². The van der Waals surface area contributed by atoms with E-state index in [1.54, 1.807) is 26.0 Å². The number of benzene rings is 1. The molecule has 0 aliphatic rings. The molecular weight excluding hydrogens is 262 g/mol. The molecule has 4 N–H and O–H groups in total. The number of nitrogens with one attached hydrogen (secondary N) is 1. The second kappa shape index (κ2) is 6.49. The molecule has 0 fully saturated rings. The van der Waals surface area contributed by atoms with Gasteiger partial charge in [0.1, 0.15) is 6.10 Å². The fourth-order valence-electron chi connectivity index (χ4n) is 1.49. The Balaban J connectivity index is 2.59. The maximum absolute atomic E-state index is 11.7. The van der Waals surface area contributed by atoms with Crippen LogP contribution in [0.5, 0.6) is 0 Å². The molecule has 6 heteroatoms. The van der Waals surface area contributed by atoms with Crippen LogP contribution in [0.2, 0.25) is 0 Å². The van der Waals surface area contributed by atoms with Crippen LogP contribution in [0.3, 0.4) is 0 Å². The molecule has 1 aromatic rings. The van der Waals surface area contributed by atoms with Crippen molar-refractivity contribution in [2.24, 2.45) is 5.41 Å². The molecule has 0 unspecified atom stereocenters. The van der Waals surface area contributed by atoms with E-state index in [1.807, 2.05) is 0 Å². The van der Waals surface area contributed by atoms with Crippen LogP contribution in [-0.4, -0.2) is 39.9 Å². The van der Waals surface area contributed by atoms with Gasteiger partial charge in [0.25, 0.3) is 0 Å². The van der Waals surface area contributed by atoms with E-state index in [0.717, 1.165) is 5.56 Å². The Morgan fingerprint density at radius 1 is 1.25 bits per heavy atom. The molecule has 0 saturated heterocycles. The summed E-state index contributed by atoms with van der Waals surface area (Å²) >= 11 is 0. The topological polar surface area (TPSA) is 107 Å². The molecule has 0 aromatic heterocycles. The van der Waals surface area contributed by atoms with E-state index in [1.165, 1.54) is 12.1 Å². The zero-order valence-corrected chi connectivity index (χ0v) is 11.5. The number of carboxylic acid groups (broad SMARTS) is 1. The van der Waals surface area contributed by atoms with Gasteiger partial charge in [-0.05, 0) is 17.7 Å². The van der Waals surface area contributed by atoms with Gasteiger partial charge in [0.15, 0.2) is 0 Å². The summed E-state index contributed by atoms with van der Waals surface area (Å²) in [7, 11) is 0. The number of carbonyl (C=O) groups is 2. The van der Waals surface area contributed by atoms with Crippen molar-refractivity contribution in [3.63, 3.8) is 0 Å². The maximum Gasteiger partial charge on any atom is 0.335 e. The minimum atomic E-state index is -1.31.